The Hall–Kier alpha value is -2.47. The van der Waals surface area contributed by atoms with Crippen LogP contribution in [0.15, 0.2) is 30.3 Å². The molecular formula is C17H20N4O2. The molecule has 0 bridgehead atoms. The highest BCUT2D eigenvalue weighted by atomic mass is 16.5. The number of para-hydroxylation sites is 1. The normalized spacial score (nSPS) is 11.5. The molecule has 0 aliphatic rings. The number of carbonyl (C=O) groups is 1. The lowest BCUT2D eigenvalue weighted by Crippen LogP contribution is -2.18. The Balaban J connectivity index is 2.14. The second kappa shape index (κ2) is 6.34. The number of ether oxygens (including phenoxy) is 1. The number of hydrogen-bond donors (Lipinski definition) is 1. The summed E-state index contributed by atoms with van der Waals surface area (Å²) in [6.07, 6.45) is 0. The second-order valence-corrected chi connectivity index (χ2v) is 5.96. The van der Waals surface area contributed by atoms with E-state index in [9.17, 15) is 4.79 Å². The van der Waals surface area contributed by atoms with E-state index >= 15 is 0 Å². The highest BCUT2D eigenvalue weighted by molar-refractivity contribution is 6.02. The van der Waals surface area contributed by atoms with E-state index in [2.05, 4.69) is 24.3 Å². The third-order valence-corrected chi connectivity index (χ3v) is 3.50. The molecule has 1 amide bonds. The molecule has 0 fully saturated rings. The number of methoxy groups -OCH3 is 1. The minimum atomic E-state index is -0.225. The molecule has 120 valence electrons. The number of fused-ring (bicyclic) bond motifs is 2. The van der Waals surface area contributed by atoms with Crippen LogP contribution in [0.5, 0.6) is 0 Å². The fourth-order valence-corrected chi connectivity index (χ4v) is 2.56. The smallest absolute Gasteiger partial charge is 0.251 e. The molecule has 6 nitrogen and oxygen atoms in total. The number of pyridine rings is 1. The van der Waals surface area contributed by atoms with E-state index in [1.54, 1.807) is 0 Å². The van der Waals surface area contributed by atoms with E-state index < -0.39 is 0 Å². The molecule has 2 heterocycles. The van der Waals surface area contributed by atoms with Crippen molar-refractivity contribution in [2.75, 3.05) is 19.0 Å². The van der Waals surface area contributed by atoms with Crippen LogP contribution in [0, 0.1) is 5.92 Å². The number of nitrogens with zero attached hydrogens (tertiary/aromatic N) is 3. The number of nitrogens with one attached hydrogen (secondary N) is 1. The summed E-state index contributed by atoms with van der Waals surface area (Å²) in [5.74, 6) is 0.728. The van der Waals surface area contributed by atoms with Crippen molar-refractivity contribution in [3.8, 4) is 0 Å². The highest BCUT2D eigenvalue weighted by Crippen LogP contribution is 2.26. The van der Waals surface area contributed by atoms with Crippen LogP contribution >= 0.6 is 0 Å². The predicted octanol–water partition coefficient (Wildman–Crippen LogP) is 2.83. The van der Waals surface area contributed by atoms with Crippen molar-refractivity contribution in [3.05, 3.63) is 30.3 Å². The van der Waals surface area contributed by atoms with Gasteiger partial charge in [0.05, 0.1) is 10.9 Å². The maximum atomic E-state index is 11.8. The van der Waals surface area contributed by atoms with Crippen LogP contribution in [-0.4, -0.2) is 34.4 Å². The van der Waals surface area contributed by atoms with Gasteiger partial charge < -0.3 is 10.1 Å². The number of benzene rings is 1. The van der Waals surface area contributed by atoms with Gasteiger partial charge in [0.25, 0.3) is 5.91 Å². The number of anilines is 1. The van der Waals surface area contributed by atoms with Crippen molar-refractivity contribution in [1.82, 2.24) is 14.8 Å². The Bertz CT molecular complexity index is 854. The SMILES string of the molecule is COCC(=O)Nc1nn(CC(C)C)c2nc3ccccc3cc12. The second-order valence-electron chi connectivity index (χ2n) is 5.96. The maximum absolute atomic E-state index is 11.8. The van der Waals surface area contributed by atoms with Gasteiger partial charge in [0.1, 0.15) is 6.61 Å². The first kappa shape index (κ1) is 15.4. The number of amides is 1. The predicted molar refractivity (Wildman–Crippen MR) is 90.4 cm³/mol. The van der Waals surface area contributed by atoms with Crippen molar-refractivity contribution in [2.24, 2.45) is 5.92 Å². The van der Waals surface area contributed by atoms with Gasteiger partial charge in [-0.05, 0) is 18.1 Å². The Morgan fingerprint density at radius 1 is 1.35 bits per heavy atom. The summed E-state index contributed by atoms with van der Waals surface area (Å²) in [5.41, 5.74) is 1.70. The lowest BCUT2D eigenvalue weighted by atomic mass is 10.2. The van der Waals surface area contributed by atoms with Gasteiger partial charge in [-0.1, -0.05) is 32.0 Å². The van der Waals surface area contributed by atoms with Crippen LogP contribution in [0.3, 0.4) is 0 Å². The molecule has 0 radical (unpaired) electrons. The molecule has 0 unspecified atom stereocenters. The van der Waals surface area contributed by atoms with Gasteiger partial charge in [-0.2, -0.15) is 5.10 Å². The molecule has 1 aromatic carbocycles. The fourth-order valence-electron chi connectivity index (χ4n) is 2.56. The van der Waals surface area contributed by atoms with Crippen LogP contribution in [0.2, 0.25) is 0 Å². The first-order valence-electron chi connectivity index (χ1n) is 7.63. The minimum absolute atomic E-state index is 0.000453. The van der Waals surface area contributed by atoms with Gasteiger partial charge >= 0.3 is 0 Å². The van der Waals surface area contributed by atoms with Crippen molar-refractivity contribution < 1.29 is 9.53 Å². The van der Waals surface area contributed by atoms with Gasteiger partial charge in [0.15, 0.2) is 11.5 Å². The molecule has 1 N–H and O–H groups in total. The molecule has 0 aliphatic carbocycles. The Morgan fingerprint density at radius 3 is 2.87 bits per heavy atom. The van der Waals surface area contributed by atoms with E-state index in [0.29, 0.717) is 11.7 Å². The molecule has 0 atom stereocenters. The number of carbonyl (C=O) groups excluding carboxylic acids is 1. The number of rotatable bonds is 5. The molecule has 6 heteroatoms. The molecule has 3 aromatic rings. The van der Waals surface area contributed by atoms with Crippen LogP contribution in [-0.2, 0) is 16.1 Å². The summed E-state index contributed by atoms with van der Waals surface area (Å²) in [6, 6.07) is 9.93. The Morgan fingerprint density at radius 2 is 2.13 bits per heavy atom. The molecule has 0 spiro atoms. The molecular weight excluding hydrogens is 292 g/mol. The lowest BCUT2D eigenvalue weighted by molar-refractivity contribution is -0.119. The minimum Gasteiger partial charge on any atom is -0.375 e. The van der Waals surface area contributed by atoms with E-state index in [-0.39, 0.29) is 12.5 Å². The van der Waals surface area contributed by atoms with E-state index in [1.165, 1.54) is 7.11 Å². The average Bonchev–Trinajstić information content (AvgIpc) is 2.82. The number of aromatic nitrogens is 3. The summed E-state index contributed by atoms with van der Waals surface area (Å²) in [7, 11) is 1.49. The first-order chi connectivity index (χ1) is 11.1. The van der Waals surface area contributed by atoms with E-state index in [0.717, 1.165) is 28.5 Å². The molecule has 0 saturated carbocycles. The average molecular weight is 312 g/mol. The van der Waals surface area contributed by atoms with Gasteiger partial charge in [0, 0.05) is 19.0 Å². The quantitative estimate of drug-likeness (QED) is 0.786. The lowest BCUT2D eigenvalue weighted by Gasteiger charge is -2.05. The summed E-state index contributed by atoms with van der Waals surface area (Å²) < 4.78 is 6.72. The van der Waals surface area contributed by atoms with Gasteiger partial charge in [0.2, 0.25) is 0 Å². The zero-order valence-corrected chi connectivity index (χ0v) is 13.5. The van der Waals surface area contributed by atoms with Gasteiger partial charge in [-0.15, -0.1) is 0 Å². The third-order valence-electron chi connectivity index (χ3n) is 3.50. The van der Waals surface area contributed by atoms with Crippen LogP contribution in [0.25, 0.3) is 21.9 Å². The summed E-state index contributed by atoms with van der Waals surface area (Å²) in [5, 5.41) is 9.21. The Kier molecular flexibility index (Phi) is 4.25. The Labute approximate surface area is 134 Å². The van der Waals surface area contributed by atoms with Crippen molar-refractivity contribution in [3.63, 3.8) is 0 Å². The molecule has 0 saturated heterocycles. The summed E-state index contributed by atoms with van der Waals surface area (Å²) in [6.45, 7) is 4.98. The fraction of sp³-hybridized carbons (Fsp3) is 0.353. The van der Waals surface area contributed by atoms with E-state index in [1.807, 2.05) is 35.0 Å². The van der Waals surface area contributed by atoms with Gasteiger partial charge in [-0.25, -0.2) is 9.67 Å². The molecule has 0 aliphatic heterocycles. The van der Waals surface area contributed by atoms with Crippen LogP contribution in [0.1, 0.15) is 13.8 Å². The molecule has 2 aromatic heterocycles. The van der Waals surface area contributed by atoms with Crippen LogP contribution in [0.4, 0.5) is 5.82 Å². The summed E-state index contributed by atoms with van der Waals surface area (Å²) >= 11 is 0. The van der Waals surface area contributed by atoms with E-state index in [4.69, 9.17) is 9.72 Å². The zero-order valence-electron chi connectivity index (χ0n) is 13.5. The summed E-state index contributed by atoms with van der Waals surface area (Å²) in [4.78, 5) is 16.6. The van der Waals surface area contributed by atoms with Crippen molar-refractivity contribution >= 4 is 33.7 Å². The zero-order chi connectivity index (χ0) is 16.4. The van der Waals surface area contributed by atoms with Crippen molar-refractivity contribution in [1.29, 1.82) is 0 Å². The molecule has 3 rings (SSSR count). The standard InChI is InChI=1S/C17H20N4O2/c1-11(2)9-21-17-13(16(20-21)19-15(22)10-23-3)8-12-6-4-5-7-14(12)18-17/h4-8,11H,9-10H2,1-3H3,(H,19,20,22). The third kappa shape index (κ3) is 3.17. The first-order valence-corrected chi connectivity index (χ1v) is 7.63. The van der Waals surface area contributed by atoms with Crippen molar-refractivity contribution in [2.45, 2.75) is 20.4 Å². The number of hydrogen-bond acceptors (Lipinski definition) is 4. The largest absolute Gasteiger partial charge is 0.375 e. The maximum Gasteiger partial charge on any atom is 0.251 e. The van der Waals surface area contributed by atoms with Crippen LogP contribution < -0.4 is 5.32 Å². The van der Waals surface area contributed by atoms with Gasteiger partial charge in [-0.3, -0.25) is 4.79 Å². The molecule has 23 heavy (non-hydrogen) atoms. The highest BCUT2D eigenvalue weighted by Gasteiger charge is 2.16. The monoisotopic (exact) mass is 312 g/mol. The topological polar surface area (TPSA) is 69.0 Å².